The van der Waals surface area contributed by atoms with Gasteiger partial charge in [0.2, 0.25) is 0 Å². The molecule has 0 saturated heterocycles. The number of carbonyl (C=O) groups is 3. The highest BCUT2D eigenvalue weighted by molar-refractivity contribution is 6.13. The van der Waals surface area contributed by atoms with Crippen molar-refractivity contribution in [1.29, 1.82) is 0 Å². The molecule has 8 nitrogen and oxygen atoms in total. The highest BCUT2D eigenvalue weighted by atomic mass is 16.5. The molecular formula is C28H29NO7. The van der Waals surface area contributed by atoms with Crippen LogP contribution in [0.25, 0.3) is 0 Å². The third kappa shape index (κ3) is 4.34. The largest absolute Gasteiger partial charge is 0.497 e. The van der Waals surface area contributed by atoms with Gasteiger partial charge in [-0.3, -0.25) is 9.59 Å². The van der Waals surface area contributed by atoms with Gasteiger partial charge in [0.1, 0.15) is 17.4 Å². The molecule has 0 fully saturated rings. The van der Waals surface area contributed by atoms with E-state index in [1.165, 1.54) is 14.2 Å². The van der Waals surface area contributed by atoms with Crippen LogP contribution >= 0.6 is 0 Å². The van der Waals surface area contributed by atoms with Gasteiger partial charge in [-0.15, -0.1) is 0 Å². The number of nitrogens with one attached hydrogen (secondary N) is 1. The monoisotopic (exact) mass is 491 g/mol. The Morgan fingerprint density at radius 3 is 2.19 bits per heavy atom. The summed E-state index contributed by atoms with van der Waals surface area (Å²) in [6.07, 6.45) is 0.374. The number of hydrogen-bond acceptors (Lipinski definition) is 8. The Hall–Kier alpha value is -4.07. The molecule has 2 aromatic rings. The van der Waals surface area contributed by atoms with E-state index in [4.69, 9.17) is 18.9 Å². The molecule has 1 heterocycles. The fraction of sp³-hybridized carbons (Fsp3) is 0.321. The lowest BCUT2D eigenvalue weighted by Gasteiger charge is -2.39. The molecule has 188 valence electrons. The molecule has 1 N–H and O–H groups in total. The standard InChI is InChI=1S/C28H29NO7/c1-15-22(27(31)35-4)23(17-7-6-8-19(13-17)34-3)25-21(29-15)14-20(24(26(25)30)28(32)36-5)16-9-11-18(33-2)12-10-16/h6-13,20,23-24,29H,14H2,1-5H3/t20-,23-,24-/m1/s1. The number of rotatable bonds is 6. The molecule has 0 aromatic heterocycles. The van der Waals surface area contributed by atoms with Crippen molar-refractivity contribution in [2.24, 2.45) is 5.92 Å². The van der Waals surface area contributed by atoms with Gasteiger partial charge >= 0.3 is 11.9 Å². The Morgan fingerprint density at radius 2 is 1.58 bits per heavy atom. The lowest BCUT2D eigenvalue weighted by atomic mass is 9.67. The predicted molar refractivity (Wildman–Crippen MR) is 131 cm³/mol. The molecule has 0 unspecified atom stereocenters. The molecular weight excluding hydrogens is 462 g/mol. The summed E-state index contributed by atoms with van der Waals surface area (Å²) < 4.78 is 20.8. The van der Waals surface area contributed by atoms with Crippen molar-refractivity contribution >= 4 is 17.7 Å². The Labute approximate surface area is 209 Å². The minimum Gasteiger partial charge on any atom is -0.497 e. The summed E-state index contributed by atoms with van der Waals surface area (Å²) in [6.45, 7) is 1.78. The van der Waals surface area contributed by atoms with Gasteiger partial charge in [0.15, 0.2) is 5.78 Å². The molecule has 0 radical (unpaired) electrons. The summed E-state index contributed by atoms with van der Waals surface area (Å²) in [6, 6.07) is 14.5. The van der Waals surface area contributed by atoms with Crippen molar-refractivity contribution in [2.45, 2.75) is 25.2 Å². The minimum absolute atomic E-state index is 0.310. The molecule has 0 bridgehead atoms. The van der Waals surface area contributed by atoms with Gasteiger partial charge in [-0.1, -0.05) is 24.3 Å². The average Bonchev–Trinajstić information content (AvgIpc) is 2.91. The number of carbonyl (C=O) groups excluding carboxylic acids is 3. The van der Waals surface area contributed by atoms with E-state index in [9.17, 15) is 14.4 Å². The molecule has 4 rings (SSSR count). The van der Waals surface area contributed by atoms with Gasteiger partial charge in [0.05, 0.1) is 34.0 Å². The summed E-state index contributed by atoms with van der Waals surface area (Å²) in [5.74, 6) is -2.58. The highest BCUT2D eigenvalue weighted by Crippen LogP contribution is 2.48. The van der Waals surface area contributed by atoms with Crippen molar-refractivity contribution in [3.05, 3.63) is 82.2 Å². The number of hydrogen-bond donors (Lipinski definition) is 1. The van der Waals surface area contributed by atoms with Gasteiger partial charge in [-0.05, 0) is 48.7 Å². The van der Waals surface area contributed by atoms with E-state index >= 15 is 0 Å². The second-order valence-corrected chi connectivity index (χ2v) is 8.71. The first-order valence-corrected chi connectivity index (χ1v) is 11.5. The summed E-state index contributed by atoms with van der Waals surface area (Å²) in [7, 11) is 5.70. The quantitative estimate of drug-likeness (QED) is 0.483. The van der Waals surface area contributed by atoms with Crippen LogP contribution in [0.3, 0.4) is 0 Å². The Morgan fingerprint density at radius 1 is 0.889 bits per heavy atom. The molecule has 0 amide bonds. The zero-order valence-electron chi connectivity index (χ0n) is 20.9. The number of allylic oxidation sites excluding steroid dienone is 3. The number of benzene rings is 2. The Kier molecular flexibility index (Phi) is 7.15. The summed E-state index contributed by atoms with van der Waals surface area (Å²) in [5, 5.41) is 3.27. The van der Waals surface area contributed by atoms with Crippen LogP contribution in [-0.4, -0.2) is 46.2 Å². The molecule has 1 aliphatic carbocycles. The number of esters is 2. The van der Waals surface area contributed by atoms with E-state index in [2.05, 4.69) is 5.32 Å². The molecule has 36 heavy (non-hydrogen) atoms. The van der Waals surface area contributed by atoms with Crippen LogP contribution in [-0.2, 0) is 23.9 Å². The van der Waals surface area contributed by atoms with Crippen LogP contribution in [0.1, 0.15) is 36.3 Å². The van der Waals surface area contributed by atoms with Gasteiger partial charge in [0.25, 0.3) is 0 Å². The van der Waals surface area contributed by atoms with E-state index < -0.39 is 35.5 Å². The van der Waals surface area contributed by atoms with Crippen molar-refractivity contribution in [3.8, 4) is 11.5 Å². The van der Waals surface area contributed by atoms with Gasteiger partial charge in [-0.25, -0.2) is 4.79 Å². The molecule has 1 aliphatic heterocycles. The first-order valence-electron chi connectivity index (χ1n) is 11.5. The average molecular weight is 492 g/mol. The smallest absolute Gasteiger partial charge is 0.336 e. The highest BCUT2D eigenvalue weighted by Gasteiger charge is 2.49. The van der Waals surface area contributed by atoms with Crippen LogP contribution in [0.2, 0.25) is 0 Å². The number of ketones is 1. The number of dihydropyridines is 1. The third-order valence-corrected chi connectivity index (χ3v) is 6.85. The van der Waals surface area contributed by atoms with Crippen LogP contribution in [0.4, 0.5) is 0 Å². The molecule has 2 aliphatic rings. The van der Waals surface area contributed by atoms with Crippen molar-refractivity contribution in [1.82, 2.24) is 5.32 Å². The van der Waals surface area contributed by atoms with Crippen molar-refractivity contribution in [3.63, 3.8) is 0 Å². The van der Waals surface area contributed by atoms with Gasteiger partial charge < -0.3 is 24.3 Å². The molecule has 2 aromatic carbocycles. The summed E-state index contributed by atoms with van der Waals surface area (Å²) in [4.78, 5) is 40.1. The molecule has 0 saturated carbocycles. The number of ether oxygens (including phenoxy) is 4. The topological polar surface area (TPSA) is 100 Å². The maximum Gasteiger partial charge on any atom is 0.336 e. The van der Waals surface area contributed by atoms with Gasteiger partial charge in [0, 0.05) is 28.8 Å². The maximum atomic E-state index is 14.1. The second-order valence-electron chi connectivity index (χ2n) is 8.71. The lowest BCUT2D eigenvalue weighted by molar-refractivity contribution is -0.150. The third-order valence-electron chi connectivity index (χ3n) is 6.85. The van der Waals surface area contributed by atoms with Crippen molar-refractivity contribution in [2.75, 3.05) is 28.4 Å². The van der Waals surface area contributed by atoms with E-state index in [1.807, 2.05) is 18.2 Å². The molecule has 0 spiro atoms. The van der Waals surface area contributed by atoms with Gasteiger partial charge in [-0.2, -0.15) is 0 Å². The van der Waals surface area contributed by atoms with E-state index in [-0.39, 0.29) is 0 Å². The van der Waals surface area contributed by atoms with Crippen LogP contribution < -0.4 is 14.8 Å². The van der Waals surface area contributed by atoms with Crippen LogP contribution in [0, 0.1) is 5.92 Å². The van der Waals surface area contributed by atoms with Crippen molar-refractivity contribution < 1.29 is 33.3 Å². The fourth-order valence-corrected chi connectivity index (χ4v) is 5.13. The van der Waals surface area contributed by atoms with E-state index in [1.54, 1.807) is 51.5 Å². The first-order chi connectivity index (χ1) is 17.3. The summed E-state index contributed by atoms with van der Waals surface area (Å²) >= 11 is 0. The first kappa shape index (κ1) is 25.0. The Bertz CT molecular complexity index is 1260. The zero-order valence-corrected chi connectivity index (χ0v) is 20.9. The van der Waals surface area contributed by atoms with E-state index in [0.29, 0.717) is 46.0 Å². The zero-order chi connectivity index (χ0) is 26.0. The molecule has 8 heteroatoms. The SMILES string of the molecule is COC(=O)C1=C(C)NC2=C(C(=O)[C@H](C(=O)OC)[C@@H](c3ccc(OC)cc3)C2)[C@@H]1c1cccc(OC)c1. The maximum absolute atomic E-state index is 14.1. The predicted octanol–water partition coefficient (Wildman–Crippen LogP) is 3.64. The van der Waals surface area contributed by atoms with E-state index in [0.717, 1.165) is 5.56 Å². The number of Topliss-reactive ketones (excluding diaryl/α,β-unsaturated/α-hetero) is 1. The summed E-state index contributed by atoms with van der Waals surface area (Å²) in [5.41, 5.74) is 3.41. The van der Waals surface area contributed by atoms with Crippen LogP contribution in [0.15, 0.2) is 71.1 Å². The minimum atomic E-state index is -1.07. The Balaban J connectivity index is 1.90. The lowest BCUT2D eigenvalue weighted by Crippen LogP contribution is -2.43. The van der Waals surface area contributed by atoms with Crippen LogP contribution in [0.5, 0.6) is 11.5 Å². The normalized spacial score (nSPS) is 21.4. The fourth-order valence-electron chi connectivity index (χ4n) is 5.13. The molecule has 3 atom stereocenters. The number of methoxy groups -OCH3 is 4. The second kappa shape index (κ2) is 10.3.